The predicted octanol–water partition coefficient (Wildman–Crippen LogP) is 3.34. The smallest absolute Gasteiger partial charge is 0.182 e. The van der Waals surface area contributed by atoms with Crippen LogP contribution in [0, 0.1) is 36.1 Å². The van der Waals surface area contributed by atoms with Gasteiger partial charge in [-0.15, -0.1) is 0 Å². The quantitative estimate of drug-likeness (QED) is 0.383. The van der Waals surface area contributed by atoms with E-state index in [0.29, 0.717) is 17.8 Å². The summed E-state index contributed by atoms with van der Waals surface area (Å²) in [5, 5.41) is 22.7. The van der Waals surface area contributed by atoms with E-state index in [1.807, 2.05) is 0 Å². The van der Waals surface area contributed by atoms with Gasteiger partial charge in [0, 0.05) is 6.42 Å². The molecule has 4 nitrogen and oxygen atoms in total. The highest BCUT2D eigenvalue weighted by atomic mass is 16.3. The maximum atomic E-state index is 10.7. The van der Waals surface area contributed by atoms with Crippen LogP contribution in [0.4, 0.5) is 0 Å². The molecule has 25 heavy (non-hydrogen) atoms. The van der Waals surface area contributed by atoms with Gasteiger partial charge in [0.25, 0.3) is 0 Å². The van der Waals surface area contributed by atoms with E-state index in [4.69, 9.17) is 10.3 Å². The molecule has 4 fully saturated rings. The van der Waals surface area contributed by atoms with E-state index in [9.17, 15) is 5.11 Å². The Kier molecular flexibility index (Phi) is 4.29. The normalized spacial score (nSPS) is 36.3. The summed E-state index contributed by atoms with van der Waals surface area (Å²) in [6, 6.07) is 8.68. The molecule has 2 unspecified atom stereocenters. The molecule has 0 aliphatic heterocycles. The van der Waals surface area contributed by atoms with Crippen molar-refractivity contribution in [2.45, 2.75) is 63.5 Å². The zero-order valence-corrected chi connectivity index (χ0v) is 14.9. The monoisotopic (exact) mass is 337 g/mol. The fraction of sp³-hybridized carbons (Fsp3) is 0.619. The Morgan fingerprint density at radius 3 is 2.64 bits per heavy atom. The lowest BCUT2D eigenvalue weighted by Gasteiger charge is -2.57. The molecule has 5 rings (SSSR count). The molecule has 0 saturated heterocycles. The van der Waals surface area contributed by atoms with Crippen LogP contribution in [0.25, 0.3) is 0 Å². The van der Waals surface area contributed by atoms with Crippen molar-refractivity contribution in [2.24, 2.45) is 22.7 Å². The minimum Gasteiger partial charge on any atom is -0.390 e. The Balaban J connectivity index is 1.49. The van der Waals surface area contributed by atoms with Gasteiger partial charge in [0.15, 0.2) is 6.19 Å². The van der Waals surface area contributed by atoms with Crippen molar-refractivity contribution in [1.82, 2.24) is 5.32 Å². The molecule has 4 aliphatic carbocycles. The molecule has 0 spiro atoms. The Labute approximate surface area is 150 Å². The van der Waals surface area contributed by atoms with Gasteiger partial charge >= 0.3 is 0 Å². The molecule has 1 aromatic rings. The van der Waals surface area contributed by atoms with Crippen LogP contribution >= 0.6 is 0 Å². The summed E-state index contributed by atoms with van der Waals surface area (Å²) in [7, 11) is 0. The Morgan fingerprint density at radius 2 is 2.00 bits per heavy atom. The van der Waals surface area contributed by atoms with E-state index in [-0.39, 0.29) is 6.04 Å². The number of nitriles is 1. The van der Waals surface area contributed by atoms with Crippen LogP contribution in [-0.4, -0.2) is 22.6 Å². The minimum absolute atomic E-state index is 0.282. The molecule has 2 N–H and O–H groups in total. The van der Waals surface area contributed by atoms with Gasteiger partial charge in [0.05, 0.1) is 11.6 Å². The second-order valence-electron chi connectivity index (χ2n) is 8.42. The number of hydrogen-bond acceptors (Lipinski definition) is 3. The third-order valence-electron chi connectivity index (χ3n) is 6.59. The fourth-order valence-corrected chi connectivity index (χ4v) is 5.71. The van der Waals surface area contributed by atoms with Crippen LogP contribution in [0.5, 0.6) is 0 Å². The molecule has 4 bridgehead atoms. The second-order valence-corrected chi connectivity index (χ2v) is 8.42. The van der Waals surface area contributed by atoms with Gasteiger partial charge < -0.3 is 5.11 Å². The zero-order chi connectivity index (χ0) is 17.4. The molecule has 0 heterocycles. The van der Waals surface area contributed by atoms with Crippen LogP contribution in [0.1, 0.15) is 49.7 Å². The van der Waals surface area contributed by atoms with Crippen LogP contribution in [0.15, 0.2) is 29.3 Å². The van der Waals surface area contributed by atoms with Crippen LogP contribution < -0.4 is 5.32 Å². The lowest BCUT2D eigenvalue weighted by Crippen LogP contribution is -2.56. The van der Waals surface area contributed by atoms with Crippen molar-refractivity contribution >= 4 is 5.84 Å². The lowest BCUT2D eigenvalue weighted by atomic mass is 9.52. The number of aliphatic imine (C=N–C) groups is 1. The van der Waals surface area contributed by atoms with Crippen molar-refractivity contribution in [3.63, 3.8) is 0 Å². The summed E-state index contributed by atoms with van der Waals surface area (Å²) >= 11 is 0. The van der Waals surface area contributed by atoms with Gasteiger partial charge in [0.2, 0.25) is 0 Å². The first-order valence-corrected chi connectivity index (χ1v) is 9.55. The summed E-state index contributed by atoms with van der Waals surface area (Å²) < 4.78 is 0. The molecule has 4 saturated carbocycles. The first-order valence-electron chi connectivity index (χ1n) is 9.55. The SMILES string of the molecule is Cc1ccccc1CCC(=NC1C2CC3CC1CC(O)(C3)C2)NC#N. The topological polar surface area (TPSA) is 68.4 Å². The molecule has 1 aromatic carbocycles. The third kappa shape index (κ3) is 3.30. The number of aliphatic hydroxyl groups is 1. The summed E-state index contributed by atoms with van der Waals surface area (Å²) in [5.74, 6) is 2.49. The number of nitrogens with zero attached hydrogens (tertiary/aromatic N) is 2. The van der Waals surface area contributed by atoms with Crippen molar-refractivity contribution < 1.29 is 5.11 Å². The Morgan fingerprint density at radius 1 is 1.28 bits per heavy atom. The van der Waals surface area contributed by atoms with Gasteiger partial charge in [-0.25, -0.2) is 0 Å². The molecule has 0 aromatic heterocycles. The van der Waals surface area contributed by atoms with Gasteiger partial charge in [-0.05, 0) is 74.3 Å². The average Bonchev–Trinajstić information content (AvgIpc) is 2.55. The molecule has 132 valence electrons. The Bertz CT molecular complexity index is 704. The van der Waals surface area contributed by atoms with Crippen molar-refractivity contribution in [3.8, 4) is 6.19 Å². The highest BCUT2D eigenvalue weighted by Crippen LogP contribution is 2.56. The Hall–Kier alpha value is -1.86. The highest BCUT2D eigenvalue weighted by molar-refractivity contribution is 5.84. The van der Waals surface area contributed by atoms with Gasteiger partial charge in [-0.2, -0.15) is 5.26 Å². The molecule has 4 aliphatic rings. The molecule has 0 amide bonds. The maximum absolute atomic E-state index is 10.7. The van der Waals surface area contributed by atoms with E-state index in [2.05, 4.69) is 42.7 Å². The van der Waals surface area contributed by atoms with E-state index < -0.39 is 5.60 Å². The first-order chi connectivity index (χ1) is 12.1. The molecule has 2 atom stereocenters. The second kappa shape index (κ2) is 6.46. The van der Waals surface area contributed by atoms with E-state index >= 15 is 0 Å². The third-order valence-corrected chi connectivity index (χ3v) is 6.59. The summed E-state index contributed by atoms with van der Waals surface area (Å²) in [4.78, 5) is 5.01. The van der Waals surface area contributed by atoms with Crippen molar-refractivity contribution in [1.29, 1.82) is 5.26 Å². The molecular formula is C21H27N3O. The van der Waals surface area contributed by atoms with Gasteiger partial charge in [0.1, 0.15) is 5.84 Å². The largest absolute Gasteiger partial charge is 0.390 e. The van der Waals surface area contributed by atoms with Gasteiger partial charge in [-0.1, -0.05) is 24.3 Å². The number of hydrogen-bond donors (Lipinski definition) is 2. The van der Waals surface area contributed by atoms with E-state index in [0.717, 1.165) is 37.9 Å². The fourth-order valence-electron chi connectivity index (χ4n) is 5.71. The number of benzene rings is 1. The summed E-state index contributed by atoms with van der Waals surface area (Å²) in [6.07, 6.45) is 8.91. The van der Waals surface area contributed by atoms with E-state index in [1.165, 1.54) is 24.0 Å². The molecular weight excluding hydrogens is 310 g/mol. The number of rotatable bonds is 4. The standard InChI is InChI=1S/C21H27N3O/c1-14-4-2-3-5-16(14)6-7-19(23-13-22)24-20-17-8-15-9-18(20)12-21(25,10-15)11-17/h2-5,15,17-18,20,25H,6-12H2,1H3,(H,23,24). The zero-order valence-electron chi connectivity index (χ0n) is 14.9. The summed E-state index contributed by atoms with van der Waals surface area (Å²) in [6.45, 7) is 2.13. The van der Waals surface area contributed by atoms with Crippen LogP contribution in [0.2, 0.25) is 0 Å². The number of nitrogens with one attached hydrogen (secondary N) is 1. The molecule has 4 heteroatoms. The van der Waals surface area contributed by atoms with Crippen LogP contribution in [-0.2, 0) is 6.42 Å². The van der Waals surface area contributed by atoms with E-state index in [1.54, 1.807) is 0 Å². The number of amidine groups is 1. The predicted molar refractivity (Wildman–Crippen MR) is 98.0 cm³/mol. The maximum Gasteiger partial charge on any atom is 0.182 e. The van der Waals surface area contributed by atoms with Crippen molar-refractivity contribution in [2.75, 3.05) is 0 Å². The van der Waals surface area contributed by atoms with Crippen molar-refractivity contribution in [3.05, 3.63) is 35.4 Å². The highest BCUT2D eigenvalue weighted by Gasteiger charge is 2.54. The first kappa shape index (κ1) is 16.6. The van der Waals surface area contributed by atoms with Crippen LogP contribution in [0.3, 0.4) is 0 Å². The number of aryl methyl sites for hydroxylation is 2. The minimum atomic E-state index is -0.424. The average molecular weight is 337 g/mol. The lowest BCUT2D eigenvalue weighted by molar-refractivity contribution is -0.132. The summed E-state index contributed by atoms with van der Waals surface area (Å²) in [5.41, 5.74) is 2.18. The molecule has 0 radical (unpaired) electrons. The van der Waals surface area contributed by atoms with Gasteiger partial charge in [-0.3, -0.25) is 10.3 Å².